The van der Waals surface area contributed by atoms with E-state index in [9.17, 15) is 0 Å². The van der Waals surface area contributed by atoms with Crippen LogP contribution in [0.2, 0.25) is 0 Å². The van der Waals surface area contributed by atoms with E-state index in [1.165, 1.54) is 15.4 Å². The highest BCUT2D eigenvalue weighted by Crippen LogP contribution is 2.33. The number of hydrogen-bond donors (Lipinski definition) is 1. The van der Waals surface area contributed by atoms with E-state index in [-0.39, 0.29) is 6.04 Å². The molecule has 0 aliphatic heterocycles. The molecule has 0 unspecified atom stereocenters. The minimum atomic E-state index is 0.0640. The predicted molar refractivity (Wildman–Crippen MR) is 77.3 cm³/mol. The van der Waals surface area contributed by atoms with Gasteiger partial charge in [0.05, 0.1) is 0 Å². The summed E-state index contributed by atoms with van der Waals surface area (Å²) >= 11 is 5.19. The van der Waals surface area contributed by atoms with Gasteiger partial charge in [-0.15, -0.1) is 0 Å². The molecule has 0 aliphatic carbocycles. The fourth-order valence-electron chi connectivity index (χ4n) is 1.58. The molecule has 0 aliphatic rings. The Kier molecular flexibility index (Phi) is 4.26. The molecule has 1 nitrogen and oxygen atoms in total. The Labute approximate surface area is 115 Å². The van der Waals surface area contributed by atoms with E-state index in [1.54, 1.807) is 11.8 Å². The van der Waals surface area contributed by atoms with Crippen LogP contribution in [0.15, 0.2) is 62.8 Å². The lowest BCUT2D eigenvalue weighted by atomic mass is 10.1. The third-order valence-electron chi connectivity index (χ3n) is 2.45. The van der Waals surface area contributed by atoms with Gasteiger partial charge in [-0.25, -0.2) is 0 Å². The van der Waals surface area contributed by atoms with Crippen molar-refractivity contribution >= 4 is 27.7 Å². The molecular weight excluding hydrogens is 294 g/mol. The predicted octanol–water partition coefficient (Wildman–Crippen LogP) is 4.62. The molecule has 0 bridgehead atoms. The summed E-state index contributed by atoms with van der Waals surface area (Å²) in [5.41, 5.74) is 7.17. The van der Waals surface area contributed by atoms with Crippen molar-refractivity contribution in [2.24, 2.45) is 5.73 Å². The number of hydrogen-bond acceptors (Lipinski definition) is 2. The Hall–Kier alpha value is -0.770. The second-order valence-corrected chi connectivity index (χ2v) is 5.91. The van der Waals surface area contributed by atoms with E-state index in [1.807, 2.05) is 19.1 Å². The maximum absolute atomic E-state index is 5.97. The van der Waals surface area contributed by atoms with Gasteiger partial charge in [0.2, 0.25) is 0 Å². The van der Waals surface area contributed by atoms with Gasteiger partial charge in [0.15, 0.2) is 0 Å². The van der Waals surface area contributed by atoms with Crippen molar-refractivity contribution in [3.05, 3.63) is 58.6 Å². The van der Waals surface area contributed by atoms with E-state index >= 15 is 0 Å². The Morgan fingerprint density at radius 3 is 2.35 bits per heavy atom. The first-order valence-electron chi connectivity index (χ1n) is 5.45. The standard InChI is InChI=1S/C14H14BrNS/c1-10(16)13-4-2-3-5-14(13)17-12-8-6-11(15)7-9-12/h2-10H,16H2,1H3/t10-/m1/s1. The van der Waals surface area contributed by atoms with Gasteiger partial charge in [0, 0.05) is 20.3 Å². The Morgan fingerprint density at radius 2 is 1.71 bits per heavy atom. The van der Waals surface area contributed by atoms with Crippen molar-refractivity contribution in [1.29, 1.82) is 0 Å². The average molecular weight is 308 g/mol. The van der Waals surface area contributed by atoms with Gasteiger partial charge in [-0.1, -0.05) is 45.9 Å². The van der Waals surface area contributed by atoms with E-state index in [2.05, 4.69) is 52.3 Å². The van der Waals surface area contributed by atoms with Crippen LogP contribution in [0.4, 0.5) is 0 Å². The second kappa shape index (κ2) is 5.71. The van der Waals surface area contributed by atoms with Gasteiger partial charge in [-0.05, 0) is 42.8 Å². The third-order valence-corrected chi connectivity index (χ3v) is 4.08. The molecule has 0 radical (unpaired) electrons. The molecule has 2 aromatic rings. The fourth-order valence-corrected chi connectivity index (χ4v) is 2.89. The largest absolute Gasteiger partial charge is 0.324 e. The average Bonchev–Trinajstić information content (AvgIpc) is 2.32. The van der Waals surface area contributed by atoms with E-state index < -0.39 is 0 Å². The molecular formula is C14H14BrNS. The van der Waals surface area contributed by atoms with Crippen molar-refractivity contribution in [2.45, 2.75) is 22.8 Å². The first kappa shape index (κ1) is 12.7. The first-order chi connectivity index (χ1) is 8.16. The van der Waals surface area contributed by atoms with Crippen molar-refractivity contribution < 1.29 is 0 Å². The molecule has 2 rings (SSSR count). The van der Waals surface area contributed by atoms with Crippen LogP contribution in [-0.4, -0.2) is 0 Å². The third kappa shape index (κ3) is 3.35. The molecule has 17 heavy (non-hydrogen) atoms. The minimum absolute atomic E-state index is 0.0640. The summed E-state index contributed by atoms with van der Waals surface area (Å²) in [6.07, 6.45) is 0. The Balaban J connectivity index is 2.26. The number of halogens is 1. The zero-order chi connectivity index (χ0) is 12.3. The summed E-state index contributed by atoms with van der Waals surface area (Å²) in [6.45, 7) is 2.01. The quantitative estimate of drug-likeness (QED) is 0.895. The minimum Gasteiger partial charge on any atom is -0.324 e. The highest BCUT2D eigenvalue weighted by atomic mass is 79.9. The van der Waals surface area contributed by atoms with Gasteiger partial charge in [-0.3, -0.25) is 0 Å². The zero-order valence-corrected chi connectivity index (χ0v) is 12.0. The second-order valence-electron chi connectivity index (χ2n) is 3.88. The molecule has 0 saturated carbocycles. The molecule has 88 valence electrons. The summed E-state index contributed by atoms with van der Waals surface area (Å²) in [4.78, 5) is 2.45. The van der Waals surface area contributed by atoms with E-state index in [4.69, 9.17) is 5.73 Å². The van der Waals surface area contributed by atoms with Gasteiger partial charge in [0.1, 0.15) is 0 Å². The van der Waals surface area contributed by atoms with E-state index in [0.29, 0.717) is 0 Å². The summed E-state index contributed by atoms with van der Waals surface area (Å²) < 4.78 is 1.10. The lowest BCUT2D eigenvalue weighted by molar-refractivity contribution is 0.797. The summed E-state index contributed by atoms with van der Waals surface area (Å²) in [7, 11) is 0. The van der Waals surface area contributed by atoms with Crippen molar-refractivity contribution in [2.75, 3.05) is 0 Å². The molecule has 0 fully saturated rings. The van der Waals surface area contributed by atoms with Gasteiger partial charge in [-0.2, -0.15) is 0 Å². The monoisotopic (exact) mass is 307 g/mol. The molecule has 0 amide bonds. The molecule has 3 heteroatoms. The smallest absolute Gasteiger partial charge is 0.0277 e. The van der Waals surface area contributed by atoms with Crippen molar-refractivity contribution in [1.82, 2.24) is 0 Å². The molecule has 2 aromatic carbocycles. The van der Waals surface area contributed by atoms with Crippen LogP contribution in [0.5, 0.6) is 0 Å². The highest BCUT2D eigenvalue weighted by Gasteiger charge is 2.07. The highest BCUT2D eigenvalue weighted by molar-refractivity contribution is 9.10. The Bertz CT molecular complexity index is 494. The lowest BCUT2D eigenvalue weighted by Gasteiger charge is -2.11. The van der Waals surface area contributed by atoms with Crippen LogP contribution in [0.1, 0.15) is 18.5 Å². The summed E-state index contributed by atoms with van der Waals surface area (Å²) in [5, 5.41) is 0. The van der Waals surface area contributed by atoms with Crippen LogP contribution in [0.25, 0.3) is 0 Å². The van der Waals surface area contributed by atoms with Crippen molar-refractivity contribution in [3.8, 4) is 0 Å². The molecule has 2 N–H and O–H groups in total. The number of nitrogens with two attached hydrogens (primary N) is 1. The summed E-state index contributed by atoms with van der Waals surface area (Å²) in [5.74, 6) is 0. The van der Waals surface area contributed by atoms with Crippen LogP contribution in [-0.2, 0) is 0 Å². The number of rotatable bonds is 3. The molecule has 0 saturated heterocycles. The molecule has 0 spiro atoms. The molecule has 1 atom stereocenters. The van der Waals surface area contributed by atoms with Crippen LogP contribution < -0.4 is 5.73 Å². The van der Waals surface area contributed by atoms with Gasteiger partial charge in [0.25, 0.3) is 0 Å². The lowest BCUT2D eigenvalue weighted by Crippen LogP contribution is -2.05. The number of benzene rings is 2. The maximum Gasteiger partial charge on any atom is 0.0277 e. The topological polar surface area (TPSA) is 26.0 Å². The van der Waals surface area contributed by atoms with Gasteiger partial charge < -0.3 is 5.73 Å². The van der Waals surface area contributed by atoms with E-state index in [0.717, 1.165) is 4.47 Å². The van der Waals surface area contributed by atoms with Crippen LogP contribution >= 0.6 is 27.7 Å². The zero-order valence-electron chi connectivity index (χ0n) is 9.56. The normalized spacial score (nSPS) is 12.4. The van der Waals surface area contributed by atoms with Crippen LogP contribution in [0, 0.1) is 0 Å². The van der Waals surface area contributed by atoms with Crippen LogP contribution in [0.3, 0.4) is 0 Å². The Morgan fingerprint density at radius 1 is 1.06 bits per heavy atom. The fraction of sp³-hybridized carbons (Fsp3) is 0.143. The van der Waals surface area contributed by atoms with Gasteiger partial charge >= 0.3 is 0 Å². The van der Waals surface area contributed by atoms with Crippen molar-refractivity contribution in [3.63, 3.8) is 0 Å². The first-order valence-corrected chi connectivity index (χ1v) is 7.05. The maximum atomic E-state index is 5.97. The summed E-state index contributed by atoms with van der Waals surface area (Å²) in [6, 6.07) is 16.7. The molecule has 0 aromatic heterocycles. The SMILES string of the molecule is C[C@@H](N)c1ccccc1Sc1ccc(Br)cc1. The molecule has 0 heterocycles.